The van der Waals surface area contributed by atoms with E-state index in [-0.39, 0.29) is 24.7 Å². The van der Waals surface area contributed by atoms with Crippen molar-refractivity contribution in [2.45, 2.75) is 32.0 Å². The summed E-state index contributed by atoms with van der Waals surface area (Å²) in [6.07, 6.45) is -1.27. The van der Waals surface area contributed by atoms with Crippen molar-refractivity contribution in [2.75, 3.05) is 38.1 Å². The molecule has 2 saturated heterocycles. The van der Waals surface area contributed by atoms with Crippen LogP contribution >= 0.6 is 0 Å². The van der Waals surface area contributed by atoms with Crippen molar-refractivity contribution in [2.24, 2.45) is 5.41 Å². The first-order valence-electron chi connectivity index (χ1n) is 11.3. The lowest BCUT2D eigenvalue weighted by Gasteiger charge is -2.38. The molecule has 1 spiro atoms. The van der Waals surface area contributed by atoms with E-state index in [1.165, 1.54) is 39.9 Å². The zero-order valence-corrected chi connectivity index (χ0v) is 20.1. The van der Waals surface area contributed by atoms with E-state index in [1.54, 1.807) is 17.2 Å². The summed E-state index contributed by atoms with van der Waals surface area (Å²) < 4.78 is 69.9. The fourth-order valence-electron chi connectivity index (χ4n) is 4.63. The molecular weight excluding hydrogens is 485 g/mol. The van der Waals surface area contributed by atoms with Gasteiger partial charge in [0, 0.05) is 57.2 Å². The van der Waals surface area contributed by atoms with Crippen LogP contribution in [-0.4, -0.2) is 67.5 Å². The summed E-state index contributed by atoms with van der Waals surface area (Å²) in [5.74, 6) is -0.476. The highest BCUT2D eigenvalue weighted by Crippen LogP contribution is 2.44. The van der Waals surface area contributed by atoms with Crippen molar-refractivity contribution >= 4 is 21.8 Å². The molecule has 0 atom stereocenters. The highest BCUT2D eigenvalue weighted by atomic mass is 32.2. The number of aromatic nitrogens is 1. The Kier molecular flexibility index (Phi) is 7.07. The topological polar surface area (TPSA) is 83.1 Å². The molecule has 8 nitrogen and oxygen atoms in total. The number of rotatable bonds is 7. The fourth-order valence-corrected chi connectivity index (χ4v) is 5.99. The van der Waals surface area contributed by atoms with Gasteiger partial charge in [0.05, 0.1) is 5.41 Å². The van der Waals surface area contributed by atoms with Gasteiger partial charge in [-0.15, -0.1) is 13.2 Å². The second-order valence-corrected chi connectivity index (χ2v) is 10.9. The molecule has 0 unspecified atom stereocenters. The van der Waals surface area contributed by atoms with Gasteiger partial charge in [0.2, 0.25) is 5.91 Å². The summed E-state index contributed by atoms with van der Waals surface area (Å²) in [4.78, 5) is 19.1. The van der Waals surface area contributed by atoms with Crippen LogP contribution in [0.25, 0.3) is 0 Å². The van der Waals surface area contributed by atoms with Crippen molar-refractivity contribution in [1.29, 1.82) is 0 Å². The summed E-state index contributed by atoms with van der Waals surface area (Å²) >= 11 is 0. The smallest absolute Gasteiger partial charge is 0.406 e. The maximum Gasteiger partial charge on any atom is 0.573 e. The van der Waals surface area contributed by atoms with Gasteiger partial charge < -0.3 is 9.64 Å². The van der Waals surface area contributed by atoms with Crippen LogP contribution in [0.1, 0.15) is 25.0 Å². The molecule has 12 heteroatoms. The summed E-state index contributed by atoms with van der Waals surface area (Å²) in [6.45, 7) is 1.18. The summed E-state index contributed by atoms with van der Waals surface area (Å²) in [5, 5.41) is 0. The fraction of sp³-hybridized carbons (Fsp3) is 0.478. The lowest BCUT2D eigenvalue weighted by Crippen LogP contribution is -2.50. The lowest BCUT2D eigenvalue weighted by molar-refractivity contribution is -0.274. The number of anilines is 1. The number of piperidine rings is 1. The van der Waals surface area contributed by atoms with E-state index in [0.717, 1.165) is 5.69 Å². The van der Waals surface area contributed by atoms with Crippen molar-refractivity contribution in [3.05, 3.63) is 54.4 Å². The van der Waals surface area contributed by atoms with Crippen LogP contribution in [-0.2, 0) is 21.4 Å². The Morgan fingerprint density at radius 1 is 1.06 bits per heavy atom. The van der Waals surface area contributed by atoms with Crippen LogP contribution in [0.2, 0.25) is 0 Å². The molecule has 35 heavy (non-hydrogen) atoms. The van der Waals surface area contributed by atoms with E-state index in [4.69, 9.17) is 0 Å². The van der Waals surface area contributed by atoms with Gasteiger partial charge in [-0.3, -0.25) is 9.78 Å². The van der Waals surface area contributed by atoms with Gasteiger partial charge >= 0.3 is 6.36 Å². The molecule has 1 aromatic carbocycles. The molecule has 0 aliphatic carbocycles. The zero-order valence-electron chi connectivity index (χ0n) is 19.2. The first-order valence-corrected chi connectivity index (χ1v) is 12.7. The van der Waals surface area contributed by atoms with E-state index in [1.807, 2.05) is 12.1 Å². The minimum atomic E-state index is -4.78. The third-order valence-corrected chi connectivity index (χ3v) is 8.69. The number of benzene rings is 1. The normalized spacial score (nSPS) is 19.0. The number of ether oxygens (including phenoxy) is 1. The Labute approximate surface area is 202 Å². The summed E-state index contributed by atoms with van der Waals surface area (Å²) in [5.41, 5.74) is 0.632. The zero-order chi connectivity index (χ0) is 25.3. The SMILES string of the molecule is CN(CCc1ccccn1)S(=O)(=O)N1CCC2(CCN(c3ccc(OC(F)(F)F)cc3)C2=O)CC1. The molecule has 0 N–H and O–H groups in total. The first kappa shape index (κ1) is 25.4. The third kappa shape index (κ3) is 5.60. The van der Waals surface area contributed by atoms with Crippen molar-refractivity contribution < 1.29 is 31.1 Å². The molecule has 1 aromatic heterocycles. The van der Waals surface area contributed by atoms with Crippen LogP contribution in [0.15, 0.2) is 48.7 Å². The van der Waals surface area contributed by atoms with Crippen molar-refractivity contribution in [3.63, 3.8) is 0 Å². The number of pyridine rings is 1. The number of carbonyl (C=O) groups is 1. The van der Waals surface area contributed by atoms with Crippen LogP contribution in [0, 0.1) is 5.41 Å². The van der Waals surface area contributed by atoms with Gasteiger partial charge in [-0.2, -0.15) is 17.0 Å². The van der Waals surface area contributed by atoms with Gasteiger partial charge in [-0.25, -0.2) is 0 Å². The number of hydrogen-bond acceptors (Lipinski definition) is 5. The Morgan fingerprint density at radius 2 is 1.71 bits per heavy atom. The molecule has 0 radical (unpaired) electrons. The average molecular weight is 513 g/mol. The number of amides is 1. The second kappa shape index (κ2) is 9.75. The Bertz CT molecular complexity index is 1140. The number of alkyl halides is 3. The second-order valence-electron chi connectivity index (χ2n) is 8.83. The molecule has 4 rings (SSSR count). The predicted octanol–water partition coefficient (Wildman–Crippen LogP) is 3.22. The minimum absolute atomic E-state index is 0.123. The molecule has 2 fully saturated rings. The lowest BCUT2D eigenvalue weighted by atomic mass is 9.77. The highest BCUT2D eigenvalue weighted by Gasteiger charge is 2.50. The molecule has 3 heterocycles. The Morgan fingerprint density at radius 3 is 2.31 bits per heavy atom. The van der Waals surface area contributed by atoms with E-state index in [9.17, 15) is 26.4 Å². The maximum absolute atomic E-state index is 13.3. The minimum Gasteiger partial charge on any atom is -0.406 e. The monoisotopic (exact) mass is 512 g/mol. The molecule has 2 aliphatic rings. The van der Waals surface area contributed by atoms with Gasteiger partial charge in [0.1, 0.15) is 5.75 Å². The van der Waals surface area contributed by atoms with Crippen LogP contribution in [0.5, 0.6) is 5.75 Å². The molecule has 2 aliphatic heterocycles. The van der Waals surface area contributed by atoms with Crippen molar-refractivity contribution in [3.8, 4) is 5.75 Å². The number of carbonyl (C=O) groups excluding carboxylic acids is 1. The number of halogens is 3. The van der Waals surface area contributed by atoms with Gasteiger partial charge in [0.15, 0.2) is 0 Å². The van der Waals surface area contributed by atoms with Crippen LogP contribution in [0.4, 0.5) is 18.9 Å². The van der Waals surface area contributed by atoms with Crippen LogP contribution in [0.3, 0.4) is 0 Å². The van der Waals surface area contributed by atoms with Crippen molar-refractivity contribution in [1.82, 2.24) is 13.6 Å². The standard InChI is InChI=1S/C23H27F3N4O4S/c1-28(14-9-18-4-2-3-13-27-18)35(32,33)29-15-10-22(11-16-29)12-17-30(21(22)31)19-5-7-20(8-6-19)34-23(24,25)26/h2-8,13H,9-12,14-17H2,1H3. The number of hydrogen-bond donors (Lipinski definition) is 0. The third-order valence-electron chi connectivity index (χ3n) is 6.70. The highest BCUT2D eigenvalue weighted by molar-refractivity contribution is 7.86. The number of nitrogens with zero attached hydrogens (tertiary/aromatic N) is 4. The largest absolute Gasteiger partial charge is 0.573 e. The molecule has 0 bridgehead atoms. The first-order chi connectivity index (χ1) is 16.5. The van der Waals surface area contributed by atoms with E-state index in [0.29, 0.717) is 44.5 Å². The molecule has 190 valence electrons. The van der Waals surface area contributed by atoms with E-state index in [2.05, 4.69) is 9.72 Å². The molecular formula is C23H27F3N4O4S. The Balaban J connectivity index is 1.35. The van der Waals surface area contributed by atoms with Crippen LogP contribution < -0.4 is 9.64 Å². The Hall–Kier alpha value is -2.70. The van der Waals surface area contributed by atoms with Gasteiger partial charge in [-0.05, 0) is 55.7 Å². The summed E-state index contributed by atoms with van der Waals surface area (Å²) in [6, 6.07) is 10.7. The molecule has 1 amide bonds. The predicted molar refractivity (Wildman–Crippen MR) is 123 cm³/mol. The van der Waals surface area contributed by atoms with Gasteiger partial charge in [-0.1, -0.05) is 6.07 Å². The van der Waals surface area contributed by atoms with Gasteiger partial charge in [0.25, 0.3) is 10.2 Å². The quantitative estimate of drug-likeness (QED) is 0.569. The average Bonchev–Trinajstić information content (AvgIpc) is 3.13. The van der Waals surface area contributed by atoms with E-state index >= 15 is 0 Å². The van der Waals surface area contributed by atoms with E-state index < -0.39 is 22.0 Å². The number of likely N-dealkylation sites (N-methyl/N-ethyl adjacent to an activating group) is 1. The maximum atomic E-state index is 13.3. The molecule has 0 saturated carbocycles. The summed E-state index contributed by atoms with van der Waals surface area (Å²) in [7, 11) is -2.13. The molecule has 2 aromatic rings.